The average Bonchev–Trinajstić information content (AvgIpc) is 2.42. The van der Waals surface area contributed by atoms with Gasteiger partial charge in [-0.3, -0.25) is 0 Å². The zero-order valence-corrected chi connectivity index (χ0v) is 12.1. The smallest absolute Gasteiger partial charge is 0.238 e. The maximum atomic E-state index is 11.1. The highest BCUT2D eigenvalue weighted by atomic mass is 32.2. The number of primary sulfonamides is 1. The fourth-order valence-electron chi connectivity index (χ4n) is 2.08. The van der Waals surface area contributed by atoms with Gasteiger partial charge in [-0.1, -0.05) is 0 Å². The van der Waals surface area contributed by atoms with Crippen molar-refractivity contribution >= 4 is 15.7 Å². The second kappa shape index (κ2) is 5.87. The molecule has 0 amide bonds. The highest BCUT2D eigenvalue weighted by molar-refractivity contribution is 7.89. The summed E-state index contributed by atoms with van der Waals surface area (Å²) >= 11 is 0. The van der Waals surface area contributed by atoms with Crippen LogP contribution in [-0.4, -0.2) is 54.4 Å². The van der Waals surface area contributed by atoms with Crippen LogP contribution in [0.2, 0.25) is 0 Å². The van der Waals surface area contributed by atoms with E-state index in [0.717, 1.165) is 0 Å². The zero-order chi connectivity index (χ0) is 15.8. The van der Waals surface area contributed by atoms with Crippen molar-refractivity contribution in [3.05, 3.63) is 24.3 Å². The number of rotatable bonds is 3. The molecule has 0 unspecified atom stereocenters. The number of ether oxygens (including phenoxy) is 1. The molecule has 0 spiro atoms. The molecular formula is C12H18N2O6S. The molecule has 8 nitrogen and oxygen atoms in total. The van der Waals surface area contributed by atoms with Crippen LogP contribution in [0.1, 0.15) is 6.92 Å². The third kappa shape index (κ3) is 3.51. The van der Waals surface area contributed by atoms with Gasteiger partial charge in [-0.15, -0.1) is 0 Å². The molecule has 118 valence electrons. The van der Waals surface area contributed by atoms with Gasteiger partial charge in [-0.2, -0.15) is 0 Å². The monoisotopic (exact) mass is 318 g/mol. The Morgan fingerprint density at radius 2 is 1.67 bits per heavy atom. The van der Waals surface area contributed by atoms with Crippen molar-refractivity contribution in [2.75, 3.05) is 5.32 Å². The molecule has 0 saturated carbocycles. The van der Waals surface area contributed by atoms with Crippen molar-refractivity contribution in [2.45, 2.75) is 42.5 Å². The van der Waals surface area contributed by atoms with Crippen LogP contribution in [0.15, 0.2) is 29.2 Å². The SMILES string of the molecule is C[C@H]1O[C@@H](Nc2ccc(S(N)(=O)=O)cc2)[C@H](O)[C@H](O)[C@@H]1O. The second-order valence-electron chi connectivity index (χ2n) is 4.95. The van der Waals surface area contributed by atoms with Crippen molar-refractivity contribution in [1.82, 2.24) is 0 Å². The lowest BCUT2D eigenvalue weighted by molar-refractivity contribution is -0.209. The summed E-state index contributed by atoms with van der Waals surface area (Å²) in [6, 6.07) is 5.53. The van der Waals surface area contributed by atoms with E-state index in [1.54, 1.807) is 6.92 Å². The molecule has 5 atom stereocenters. The molecule has 21 heavy (non-hydrogen) atoms. The largest absolute Gasteiger partial charge is 0.388 e. The van der Waals surface area contributed by atoms with Gasteiger partial charge in [0.2, 0.25) is 10.0 Å². The molecule has 0 aromatic heterocycles. The lowest BCUT2D eigenvalue weighted by Crippen LogP contribution is -2.58. The molecule has 1 aliphatic heterocycles. The van der Waals surface area contributed by atoms with Crippen molar-refractivity contribution in [3.63, 3.8) is 0 Å². The van der Waals surface area contributed by atoms with Crippen LogP contribution in [0.25, 0.3) is 0 Å². The zero-order valence-electron chi connectivity index (χ0n) is 11.2. The summed E-state index contributed by atoms with van der Waals surface area (Å²) in [6.45, 7) is 1.57. The van der Waals surface area contributed by atoms with Crippen LogP contribution in [0.4, 0.5) is 5.69 Å². The van der Waals surface area contributed by atoms with Crippen LogP contribution in [0, 0.1) is 0 Å². The van der Waals surface area contributed by atoms with E-state index in [0.29, 0.717) is 5.69 Å². The van der Waals surface area contributed by atoms with E-state index in [2.05, 4.69) is 5.32 Å². The van der Waals surface area contributed by atoms with Gasteiger partial charge in [0.05, 0.1) is 11.0 Å². The first-order chi connectivity index (χ1) is 9.70. The molecule has 1 saturated heterocycles. The minimum atomic E-state index is -3.77. The molecule has 0 bridgehead atoms. The minimum Gasteiger partial charge on any atom is -0.388 e. The summed E-state index contributed by atoms with van der Waals surface area (Å²) in [6.07, 6.45) is -5.44. The van der Waals surface area contributed by atoms with Crippen molar-refractivity contribution in [2.24, 2.45) is 5.14 Å². The number of hydrogen-bond donors (Lipinski definition) is 5. The Morgan fingerprint density at radius 3 is 2.19 bits per heavy atom. The average molecular weight is 318 g/mol. The number of nitrogens with one attached hydrogen (secondary N) is 1. The van der Waals surface area contributed by atoms with E-state index < -0.39 is 40.7 Å². The summed E-state index contributed by atoms with van der Waals surface area (Å²) in [5.74, 6) is 0. The predicted octanol–water partition coefficient (Wildman–Crippen LogP) is -1.43. The van der Waals surface area contributed by atoms with Crippen LogP contribution in [-0.2, 0) is 14.8 Å². The second-order valence-corrected chi connectivity index (χ2v) is 6.51. The molecule has 2 rings (SSSR count). The number of anilines is 1. The maximum absolute atomic E-state index is 11.1. The molecule has 1 heterocycles. The topological polar surface area (TPSA) is 142 Å². The summed E-state index contributed by atoms with van der Waals surface area (Å²) < 4.78 is 27.6. The van der Waals surface area contributed by atoms with E-state index in [9.17, 15) is 23.7 Å². The first-order valence-corrected chi connectivity index (χ1v) is 7.84. The van der Waals surface area contributed by atoms with Crippen LogP contribution in [0.3, 0.4) is 0 Å². The molecule has 6 N–H and O–H groups in total. The Labute approximate surface area is 122 Å². The van der Waals surface area contributed by atoms with E-state index in [-0.39, 0.29) is 4.90 Å². The van der Waals surface area contributed by atoms with Gasteiger partial charge < -0.3 is 25.4 Å². The molecular weight excluding hydrogens is 300 g/mol. The van der Waals surface area contributed by atoms with Gasteiger partial charge in [0.25, 0.3) is 0 Å². The molecule has 1 aromatic carbocycles. The molecule has 1 fully saturated rings. The fraction of sp³-hybridized carbons (Fsp3) is 0.500. The third-order valence-electron chi connectivity index (χ3n) is 3.34. The van der Waals surface area contributed by atoms with Gasteiger partial charge in [0.15, 0.2) is 6.23 Å². The first kappa shape index (κ1) is 16.1. The number of hydrogen-bond acceptors (Lipinski definition) is 7. The van der Waals surface area contributed by atoms with E-state index in [1.807, 2.05) is 0 Å². The van der Waals surface area contributed by atoms with Crippen LogP contribution < -0.4 is 10.5 Å². The normalized spacial score (nSPS) is 33.7. The number of aliphatic hydroxyl groups excluding tert-OH is 3. The van der Waals surface area contributed by atoms with Gasteiger partial charge in [-0.25, -0.2) is 13.6 Å². The Balaban J connectivity index is 2.11. The summed E-state index contributed by atoms with van der Waals surface area (Å²) in [5, 5.41) is 36.9. The van der Waals surface area contributed by atoms with Gasteiger partial charge >= 0.3 is 0 Å². The van der Waals surface area contributed by atoms with Gasteiger partial charge in [0, 0.05) is 5.69 Å². The molecule has 1 aromatic rings. The minimum absolute atomic E-state index is 0.0398. The summed E-state index contributed by atoms with van der Waals surface area (Å²) in [5.41, 5.74) is 0.474. The molecule has 9 heteroatoms. The Hall–Kier alpha value is -1.23. The number of nitrogens with two attached hydrogens (primary N) is 1. The van der Waals surface area contributed by atoms with Crippen molar-refractivity contribution in [3.8, 4) is 0 Å². The Kier molecular flexibility index (Phi) is 4.51. The third-order valence-corrected chi connectivity index (χ3v) is 4.27. The highest BCUT2D eigenvalue weighted by Gasteiger charge is 2.41. The van der Waals surface area contributed by atoms with Crippen molar-refractivity contribution < 1.29 is 28.5 Å². The van der Waals surface area contributed by atoms with E-state index >= 15 is 0 Å². The summed E-state index contributed by atoms with van der Waals surface area (Å²) in [7, 11) is -3.77. The van der Waals surface area contributed by atoms with Crippen LogP contribution >= 0.6 is 0 Å². The molecule has 0 radical (unpaired) electrons. The first-order valence-electron chi connectivity index (χ1n) is 6.29. The van der Waals surface area contributed by atoms with Gasteiger partial charge in [0.1, 0.15) is 18.3 Å². The number of benzene rings is 1. The van der Waals surface area contributed by atoms with Crippen LogP contribution in [0.5, 0.6) is 0 Å². The lowest BCUT2D eigenvalue weighted by atomic mass is 9.99. The maximum Gasteiger partial charge on any atom is 0.238 e. The number of aliphatic hydroxyl groups is 3. The Bertz CT molecular complexity index is 590. The van der Waals surface area contributed by atoms with Crippen molar-refractivity contribution in [1.29, 1.82) is 0 Å². The number of sulfonamides is 1. The fourth-order valence-corrected chi connectivity index (χ4v) is 2.59. The standard InChI is InChI=1S/C12H18N2O6S/c1-6-9(15)10(16)11(17)12(20-6)14-7-2-4-8(5-3-7)21(13,18)19/h2-6,9-12,14-17H,1H3,(H2,13,18,19)/t6-,9-,10-,11-,12-/m1/s1. The van der Waals surface area contributed by atoms with Gasteiger partial charge in [-0.05, 0) is 31.2 Å². The quantitative estimate of drug-likeness (QED) is 0.460. The lowest BCUT2D eigenvalue weighted by Gasteiger charge is -2.39. The van der Waals surface area contributed by atoms with E-state index in [4.69, 9.17) is 9.88 Å². The Morgan fingerprint density at radius 1 is 1.10 bits per heavy atom. The molecule has 1 aliphatic rings. The highest BCUT2D eigenvalue weighted by Crippen LogP contribution is 2.23. The summed E-state index contributed by atoms with van der Waals surface area (Å²) in [4.78, 5) is -0.0398. The van der Waals surface area contributed by atoms with E-state index in [1.165, 1.54) is 24.3 Å². The predicted molar refractivity (Wildman–Crippen MR) is 73.8 cm³/mol. The molecule has 0 aliphatic carbocycles.